The van der Waals surface area contributed by atoms with Gasteiger partial charge in [-0.1, -0.05) is 0 Å². The van der Waals surface area contributed by atoms with E-state index >= 15 is 0 Å². The molecule has 0 saturated carbocycles. The number of likely N-dealkylation sites (N-methyl/N-ethyl adjacent to an activating group) is 1. The molecule has 0 aliphatic carbocycles. The molecule has 1 aliphatic rings. The van der Waals surface area contributed by atoms with Crippen molar-refractivity contribution in [2.45, 2.75) is 25.3 Å². The molecular weight excluding hydrogens is 369 g/mol. The maximum atomic E-state index is 13.1. The van der Waals surface area contributed by atoms with Gasteiger partial charge < -0.3 is 10.0 Å². The average Bonchev–Trinajstić information content (AvgIpc) is 2.98. The molecule has 1 N–H and O–H groups in total. The normalized spacial score (nSPS) is 17.7. The number of aromatic nitrogens is 1. The van der Waals surface area contributed by atoms with Gasteiger partial charge in [0.2, 0.25) is 0 Å². The molecule has 1 aliphatic heterocycles. The van der Waals surface area contributed by atoms with Crippen LogP contribution in [0.2, 0.25) is 0 Å². The number of carbonyl (C=O) groups excluding carboxylic acids is 1. The predicted molar refractivity (Wildman–Crippen MR) is 101 cm³/mol. The first-order chi connectivity index (χ1) is 12.9. The zero-order chi connectivity index (χ0) is 19.4. The molecule has 1 unspecified atom stereocenters. The Morgan fingerprint density at radius 1 is 1.30 bits per heavy atom. The topological polar surface area (TPSA) is 73.7 Å². The fourth-order valence-electron chi connectivity index (χ4n) is 3.32. The summed E-state index contributed by atoms with van der Waals surface area (Å²) in [5, 5.41) is 11.4. The molecule has 1 aromatic carbocycles. The molecule has 1 aromatic heterocycles. The number of halogens is 1. The van der Waals surface area contributed by atoms with Gasteiger partial charge >= 0.3 is 5.97 Å². The number of carbonyl (C=O) groups is 2. The van der Waals surface area contributed by atoms with E-state index in [4.69, 9.17) is 5.11 Å². The number of likely N-dealkylation sites (tertiary alicyclic amines) is 1. The summed E-state index contributed by atoms with van der Waals surface area (Å²) in [4.78, 5) is 31.8. The van der Waals surface area contributed by atoms with Gasteiger partial charge in [-0.2, -0.15) is 0 Å². The zero-order valence-electron chi connectivity index (χ0n) is 15.1. The fraction of sp³-hybridized carbons (Fsp3) is 0.421. The third kappa shape index (κ3) is 4.90. The van der Waals surface area contributed by atoms with Gasteiger partial charge in [-0.05, 0) is 50.6 Å². The summed E-state index contributed by atoms with van der Waals surface area (Å²) in [6.07, 6.45) is 2.44. The highest BCUT2D eigenvalue weighted by Crippen LogP contribution is 2.25. The highest BCUT2D eigenvalue weighted by molar-refractivity contribution is 7.13. The van der Waals surface area contributed by atoms with Crippen molar-refractivity contribution in [2.75, 3.05) is 26.7 Å². The SMILES string of the molecule is CN(CC(=O)O)C1CCCN(C(=O)c2csc(-c3ccc(F)cc3)n2)CC1. The minimum absolute atomic E-state index is 0.00568. The third-order valence-electron chi connectivity index (χ3n) is 4.81. The van der Waals surface area contributed by atoms with Crippen molar-refractivity contribution in [1.29, 1.82) is 0 Å². The van der Waals surface area contributed by atoms with E-state index in [0.29, 0.717) is 23.8 Å². The Labute approximate surface area is 161 Å². The van der Waals surface area contributed by atoms with Crippen LogP contribution in [0.1, 0.15) is 29.8 Å². The van der Waals surface area contributed by atoms with Gasteiger partial charge in [0, 0.05) is 30.1 Å². The summed E-state index contributed by atoms with van der Waals surface area (Å²) in [7, 11) is 1.81. The molecule has 8 heteroatoms. The van der Waals surface area contributed by atoms with Gasteiger partial charge in [-0.3, -0.25) is 14.5 Å². The number of hydrogen-bond acceptors (Lipinski definition) is 5. The zero-order valence-corrected chi connectivity index (χ0v) is 15.9. The molecule has 0 radical (unpaired) electrons. The molecule has 1 atom stereocenters. The van der Waals surface area contributed by atoms with E-state index < -0.39 is 5.97 Å². The fourth-order valence-corrected chi connectivity index (χ4v) is 4.12. The maximum absolute atomic E-state index is 13.1. The van der Waals surface area contributed by atoms with Crippen LogP contribution in [0.5, 0.6) is 0 Å². The number of carboxylic acid groups (broad SMARTS) is 1. The van der Waals surface area contributed by atoms with Gasteiger partial charge in [0.1, 0.15) is 16.5 Å². The second-order valence-corrected chi connectivity index (χ2v) is 7.59. The van der Waals surface area contributed by atoms with Crippen molar-refractivity contribution in [3.05, 3.63) is 41.2 Å². The Balaban J connectivity index is 1.64. The largest absolute Gasteiger partial charge is 0.480 e. The Morgan fingerprint density at radius 3 is 2.74 bits per heavy atom. The van der Waals surface area contributed by atoms with Crippen LogP contribution in [0, 0.1) is 5.82 Å². The Kier molecular flexibility index (Phi) is 6.18. The van der Waals surface area contributed by atoms with E-state index in [1.165, 1.54) is 23.5 Å². The first-order valence-corrected chi connectivity index (χ1v) is 9.75. The molecule has 6 nitrogen and oxygen atoms in total. The van der Waals surface area contributed by atoms with E-state index in [1.54, 1.807) is 22.4 Å². The van der Waals surface area contributed by atoms with Gasteiger partial charge in [0.05, 0.1) is 6.54 Å². The lowest BCUT2D eigenvalue weighted by molar-refractivity contribution is -0.138. The van der Waals surface area contributed by atoms with Crippen LogP contribution in [0.3, 0.4) is 0 Å². The van der Waals surface area contributed by atoms with Gasteiger partial charge in [0.25, 0.3) is 5.91 Å². The first-order valence-electron chi connectivity index (χ1n) is 8.87. The quantitative estimate of drug-likeness (QED) is 0.848. The minimum Gasteiger partial charge on any atom is -0.480 e. The van der Waals surface area contributed by atoms with Gasteiger partial charge in [-0.25, -0.2) is 9.37 Å². The number of hydrogen-bond donors (Lipinski definition) is 1. The molecule has 2 heterocycles. The summed E-state index contributed by atoms with van der Waals surface area (Å²) < 4.78 is 13.1. The van der Waals surface area contributed by atoms with Crippen LogP contribution in [-0.4, -0.2) is 64.5 Å². The van der Waals surface area contributed by atoms with Crippen molar-refractivity contribution >= 4 is 23.2 Å². The molecule has 144 valence electrons. The molecule has 1 fully saturated rings. The highest BCUT2D eigenvalue weighted by atomic mass is 32.1. The highest BCUT2D eigenvalue weighted by Gasteiger charge is 2.25. The number of thiazole rings is 1. The van der Waals surface area contributed by atoms with Crippen LogP contribution in [0.15, 0.2) is 29.6 Å². The van der Waals surface area contributed by atoms with Crippen molar-refractivity contribution < 1.29 is 19.1 Å². The van der Waals surface area contributed by atoms with Crippen molar-refractivity contribution in [3.63, 3.8) is 0 Å². The molecule has 1 amide bonds. The molecule has 27 heavy (non-hydrogen) atoms. The number of rotatable bonds is 5. The van der Waals surface area contributed by atoms with E-state index in [0.717, 1.165) is 24.8 Å². The molecule has 3 rings (SSSR count). The van der Waals surface area contributed by atoms with Gasteiger partial charge in [-0.15, -0.1) is 11.3 Å². The second-order valence-electron chi connectivity index (χ2n) is 6.73. The first kappa shape index (κ1) is 19.4. The van der Waals surface area contributed by atoms with E-state index in [9.17, 15) is 14.0 Å². The molecule has 0 bridgehead atoms. The maximum Gasteiger partial charge on any atom is 0.317 e. The summed E-state index contributed by atoms with van der Waals surface area (Å²) in [6.45, 7) is 1.22. The monoisotopic (exact) mass is 391 g/mol. The summed E-state index contributed by atoms with van der Waals surface area (Å²) in [5.41, 5.74) is 1.18. The van der Waals surface area contributed by atoms with E-state index in [2.05, 4.69) is 4.98 Å². The number of aliphatic carboxylic acids is 1. The van der Waals surface area contributed by atoms with Crippen LogP contribution in [-0.2, 0) is 4.79 Å². The lowest BCUT2D eigenvalue weighted by Crippen LogP contribution is -2.37. The molecular formula is C19H22FN3O3S. The standard InChI is InChI=1S/C19H22FN3O3S/c1-22(11-17(24)25)15-3-2-9-23(10-8-15)19(26)16-12-27-18(21-16)13-4-6-14(20)7-5-13/h4-7,12,15H,2-3,8-11H2,1H3,(H,24,25). The van der Waals surface area contributed by atoms with E-state index in [-0.39, 0.29) is 24.3 Å². The number of nitrogens with zero attached hydrogens (tertiary/aromatic N) is 3. The average molecular weight is 391 g/mol. The van der Waals surface area contributed by atoms with Crippen molar-refractivity contribution in [1.82, 2.24) is 14.8 Å². The summed E-state index contributed by atoms with van der Waals surface area (Å²) in [6, 6.07) is 6.21. The third-order valence-corrected chi connectivity index (χ3v) is 5.70. The van der Waals surface area contributed by atoms with Crippen molar-refractivity contribution in [3.8, 4) is 10.6 Å². The lowest BCUT2D eigenvalue weighted by Gasteiger charge is -2.25. The lowest BCUT2D eigenvalue weighted by atomic mass is 10.1. The molecule has 2 aromatic rings. The molecule has 0 spiro atoms. The second kappa shape index (κ2) is 8.58. The molecule has 1 saturated heterocycles. The number of carboxylic acids is 1. The Bertz CT molecular complexity index is 809. The Hall–Kier alpha value is -2.32. The number of amides is 1. The summed E-state index contributed by atoms with van der Waals surface area (Å²) in [5.74, 6) is -1.26. The van der Waals surface area contributed by atoms with E-state index in [1.807, 2.05) is 11.9 Å². The van der Waals surface area contributed by atoms with Crippen LogP contribution < -0.4 is 0 Å². The van der Waals surface area contributed by atoms with Crippen molar-refractivity contribution in [2.24, 2.45) is 0 Å². The number of benzene rings is 1. The minimum atomic E-state index is -0.842. The summed E-state index contributed by atoms with van der Waals surface area (Å²) >= 11 is 1.36. The predicted octanol–water partition coefficient (Wildman–Crippen LogP) is 2.96. The van der Waals surface area contributed by atoms with Gasteiger partial charge in [0.15, 0.2) is 0 Å². The van der Waals surface area contributed by atoms with Crippen LogP contribution >= 0.6 is 11.3 Å². The van der Waals surface area contributed by atoms with Crippen LogP contribution in [0.4, 0.5) is 4.39 Å². The smallest absolute Gasteiger partial charge is 0.317 e. The van der Waals surface area contributed by atoms with Crippen LogP contribution in [0.25, 0.3) is 10.6 Å². The Morgan fingerprint density at radius 2 is 2.04 bits per heavy atom.